The fraction of sp³-hybridized carbons (Fsp3) is 0.550. The third kappa shape index (κ3) is 2.43. The van der Waals surface area contributed by atoms with Gasteiger partial charge in [0, 0.05) is 18.3 Å². The second kappa shape index (κ2) is 6.28. The Morgan fingerprint density at radius 3 is 2.35 bits per heavy atom. The van der Waals surface area contributed by atoms with Crippen LogP contribution in [-0.4, -0.2) is 44.9 Å². The van der Waals surface area contributed by atoms with Crippen molar-refractivity contribution in [3.05, 3.63) is 35.9 Å². The molecule has 1 aromatic carbocycles. The van der Waals surface area contributed by atoms with Crippen LogP contribution in [0.5, 0.6) is 0 Å². The molecule has 7 atom stereocenters. The van der Waals surface area contributed by atoms with Crippen LogP contribution < -0.4 is 0 Å². The predicted molar refractivity (Wildman–Crippen MR) is 91.5 cm³/mol. The summed E-state index contributed by atoms with van der Waals surface area (Å²) in [4.78, 5) is 39.8. The zero-order valence-electron chi connectivity index (χ0n) is 14.6. The van der Waals surface area contributed by atoms with Crippen molar-refractivity contribution < 1.29 is 24.6 Å². The van der Waals surface area contributed by atoms with Crippen LogP contribution in [0.3, 0.4) is 0 Å². The summed E-state index contributed by atoms with van der Waals surface area (Å²) in [6.07, 6.45) is -1.42. The van der Waals surface area contributed by atoms with E-state index in [9.17, 15) is 24.6 Å². The summed E-state index contributed by atoms with van der Waals surface area (Å²) in [5, 5.41) is 20.5. The van der Waals surface area contributed by atoms with Crippen molar-refractivity contribution in [2.75, 3.05) is 0 Å². The van der Waals surface area contributed by atoms with Gasteiger partial charge in [0.1, 0.15) is 5.78 Å². The maximum absolute atomic E-state index is 13.2. The molecule has 2 amide bonds. The highest BCUT2D eigenvalue weighted by Crippen LogP contribution is 2.50. The quantitative estimate of drug-likeness (QED) is 0.772. The van der Waals surface area contributed by atoms with Gasteiger partial charge in [-0.05, 0) is 25.3 Å². The van der Waals surface area contributed by atoms with Gasteiger partial charge in [-0.3, -0.25) is 19.3 Å². The molecule has 4 rings (SSSR count). The first-order chi connectivity index (χ1) is 12.4. The maximum Gasteiger partial charge on any atom is 0.234 e. The normalized spacial score (nSPS) is 38.1. The number of carbonyl (C=O) groups excluding carboxylic acids is 3. The predicted octanol–water partition coefficient (Wildman–Crippen LogP) is 1.07. The fourth-order valence-electron chi connectivity index (χ4n) is 5.13. The number of aliphatic hydroxyl groups excluding tert-OH is 2. The van der Waals surface area contributed by atoms with E-state index in [4.69, 9.17) is 0 Å². The van der Waals surface area contributed by atoms with Crippen LogP contribution >= 0.6 is 0 Å². The largest absolute Gasteiger partial charge is 0.390 e. The number of amides is 2. The van der Waals surface area contributed by atoms with Crippen LogP contribution in [0, 0.1) is 23.7 Å². The molecular weight excluding hydrogens is 334 g/mol. The number of Topliss-reactive ketones (excluding diaryl/α,β-unsaturated/α-hetero) is 1. The van der Waals surface area contributed by atoms with E-state index in [2.05, 4.69) is 0 Å². The molecular formula is C20H23NO5. The van der Waals surface area contributed by atoms with Crippen LogP contribution in [0.4, 0.5) is 0 Å². The first-order valence-corrected chi connectivity index (χ1v) is 9.22. The van der Waals surface area contributed by atoms with Gasteiger partial charge in [0.2, 0.25) is 11.8 Å². The van der Waals surface area contributed by atoms with E-state index in [0.29, 0.717) is 12.8 Å². The van der Waals surface area contributed by atoms with Crippen molar-refractivity contribution in [3.8, 4) is 0 Å². The first kappa shape index (κ1) is 17.4. The number of ketones is 1. The van der Waals surface area contributed by atoms with Gasteiger partial charge in [0.15, 0.2) is 0 Å². The van der Waals surface area contributed by atoms with Crippen LogP contribution in [0.1, 0.15) is 37.8 Å². The van der Waals surface area contributed by atoms with Gasteiger partial charge in [-0.2, -0.15) is 0 Å². The van der Waals surface area contributed by atoms with Gasteiger partial charge >= 0.3 is 0 Å². The lowest BCUT2D eigenvalue weighted by Crippen LogP contribution is -2.54. The number of hydrogen-bond acceptors (Lipinski definition) is 5. The number of rotatable bonds is 2. The van der Waals surface area contributed by atoms with Crippen molar-refractivity contribution in [2.24, 2.45) is 23.7 Å². The Morgan fingerprint density at radius 1 is 1.00 bits per heavy atom. The zero-order valence-corrected chi connectivity index (χ0v) is 14.6. The standard InChI is InChI=1S/C20H23NO5/c1-10(11-5-3-2-4-6-11)21-19(25)13-8-7-12-14(22)9-15(23)18(24)16(12)17(13)20(21)26/h2-6,10,12-13,15-18,23-24H,7-9H2,1H3/t10?,12-,13+,15+,16-,17+,18+/m0/s1. The van der Waals surface area contributed by atoms with E-state index in [-0.39, 0.29) is 24.0 Å². The lowest BCUT2D eigenvalue weighted by Gasteiger charge is -2.44. The highest BCUT2D eigenvalue weighted by atomic mass is 16.3. The molecule has 1 aromatic rings. The minimum atomic E-state index is -1.16. The molecule has 0 aromatic heterocycles. The van der Waals surface area contributed by atoms with Crippen LogP contribution in [-0.2, 0) is 14.4 Å². The van der Waals surface area contributed by atoms with Gasteiger partial charge < -0.3 is 10.2 Å². The number of benzene rings is 1. The third-order valence-corrected chi connectivity index (χ3v) is 6.46. The molecule has 1 unspecified atom stereocenters. The molecule has 2 saturated carbocycles. The van der Waals surface area contributed by atoms with E-state index in [1.165, 1.54) is 4.90 Å². The summed E-state index contributed by atoms with van der Waals surface area (Å²) < 4.78 is 0. The molecule has 1 aliphatic heterocycles. The molecule has 6 heteroatoms. The molecule has 1 saturated heterocycles. The van der Waals surface area contributed by atoms with Crippen molar-refractivity contribution in [2.45, 2.75) is 44.4 Å². The fourth-order valence-corrected chi connectivity index (χ4v) is 5.13. The minimum Gasteiger partial charge on any atom is -0.390 e. The summed E-state index contributed by atoms with van der Waals surface area (Å²) in [7, 11) is 0. The summed E-state index contributed by atoms with van der Waals surface area (Å²) in [5.74, 6) is -3.01. The molecule has 138 valence electrons. The van der Waals surface area contributed by atoms with Gasteiger partial charge in [0.05, 0.1) is 30.1 Å². The topological polar surface area (TPSA) is 94.9 Å². The maximum atomic E-state index is 13.2. The number of nitrogens with zero attached hydrogens (tertiary/aromatic N) is 1. The first-order valence-electron chi connectivity index (χ1n) is 9.22. The molecule has 0 bridgehead atoms. The Labute approximate surface area is 151 Å². The molecule has 1 heterocycles. The Morgan fingerprint density at radius 2 is 1.65 bits per heavy atom. The second-order valence-electron chi connectivity index (χ2n) is 7.75. The third-order valence-electron chi connectivity index (χ3n) is 6.46. The smallest absolute Gasteiger partial charge is 0.234 e. The van der Waals surface area contributed by atoms with Gasteiger partial charge in [-0.25, -0.2) is 0 Å². The summed E-state index contributed by atoms with van der Waals surface area (Å²) in [5.41, 5.74) is 0.865. The Hall–Kier alpha value is -2.05. The SMILES string of the molecule is CC(c1ccccc1)N1C(=O)[C@H]2[C@H]3[C@H](O)[C@H](O)CC(=O)[C@@H]3CC[C@H]2C1=O. The molecule has 2 N–H and O–H groups in total. The molecule has 0 radical (unpaired) electrons. The van der Waals surface area contributed by atoms with Crippen LogP contribution in [0.2, 0.25) is 0 Å². The number of likely N-dealkylation sites (tertiary alicyclic amines) is 1. The van der Waals surface area contributed by atoms with E-state index < -0.39 is 41.9 Å². The number of fused-ring (bicyclic) bond motifs is 3. The summed E-state index contributed by atoms with van der Waals surface area (Å²) >= 11 is 0. The number of carbonyl (C=O) groups is 3. The second-order valence-corrected chi connectivity index (χ2v) is 7.75. The number of aliphatic hydroxyl groups is 2. The van der Waals surface area contributed by atoms with Gasteiger partial charge in [0.25, 0.3) is 0 Å². The monoisotopic (exact) mass is 357 g/mol. The zero-order chi connectivity index (χ0) is 18.6. The summed E-state index contributed by atoms with van der Waals surface area (Å²) in [6, 6.07) is 8.94. The Kier molecular flexibility index (Phi) is 4.20. The van der Waals surface area contributed by atoms with Gasteiger partial charge in [-0.1, -0.05) is 30.3 Å². The van der Waals surface area contributed by atoms with E-state index in [1.54, 1.807) is 0 Å². The van der Waals surface area contributed by atoms with Crippen molar-refractivity contribution in [1.82, 2.24) is 4.90 Å². The van der Waals surface area contributed by atoms with E-state index in [1.807, 2.05) is 37.3 Å². The van der Waals surface area contributed by atoms with E-state index >= 15 is 0 Å². The number of hydrogen-bond donors (Lipinski definition) is 2. The average Bonchev–Trinajstić information content (AvgIpc) is 2.90. The minimum absolute atomic E-state index is 0.0774. The van der Waals surface area contributed by atoms with Crippen molar-refractivity contribution in [1.29, 1.82) is 0 Å². The lowest BCUT2D eigenvalue weighted by molar-refractivity contribution is -0.156. The van der Waals surface area contributed by atoms with Crippen molar-refractivity contribution in [3.63, 3.8) is 0 Å². The number of imide groups is 1. The Bertz CT molecular complexity index is 748. The average molecular weight is 357 g/mol. The molecule has 2 aliphatic carbocycles. The Balaban J connectivity index is 1.68. The molecule has 3 fully saturated rings. The highest BCUT2D eigenvalue weighted by molar-refractivity contribution is 6.06. The van der Waals surface area contributed by atoms with Crippen LogP contribution in [0.15, 0.2) is 30.3 Å². The highest BCUT2D eigenvalue weighted by Gasteiger charge is 2.60. The van der Waals surface area contributed by atoms with Gasteiger partial charge in [-0.15, -0.1) is 0 Å². The molecule has 3 aliphatic rings. The molecule has 0 spiro atoms. The van der Waals surface area contributed by atoms with Crippen LogP contribution in [0.25, 0.3) is 0 Å². The molecule has 26 heavy (non-hydrogen) atoms. The lowest BCUT2D eigenvalue weighted by atomic mass is 9.60. The summed E-state index contributed by atoms with van der Waals surface area (Å²) in [6.45, 7) is 1.82. The van der Waals surface area contributed by atoms with Crippen molar-refractivity contribution >= 4 is 17.6 Å². The van der Waals surface area contributed by atoms with E-state index in [0.717, 1.165) is 5.56 Å². The molecule has 6 nitrogen and oxygen atoms in total.